The molecule has 2 aromatic rings. The maximum Gasteiger partial charge on any atom is 0.224 e. The van der Waals surface area contributed by atoms with Crippen molar-refractivity contribution >= 4 is 5.95 Å². The third kappa shape index (κ3) is 2.22. The molecule has 1 aromatic carbocycles. The summed E-state index contributed by atoms with van der Waals surface area (Å²) >= 11 is 0. The highest BCUT2D eigenvalue weighted by Gasteiger charge is 2.13. The number of rotatable bonds is 4. The number of anilines is 1. The predicted molar refractivity (Wildman–Crippen MR) is 68.6 cm³/mol. The average molecular weight is 248 g/mol. The summed E-state index contributed by atoms with van der Waals surface area (Å²) in [7, 11) is 0. The number of phenols is 2. The fourth-order valence-corrected chi connectivity index (χ4v) is 1.83. The molecule has 3 N–H and O–H groups in total. The van der Waals surface area contributed by atoms with Crippen LogP contribution in [-0.4, -0.2) is 31.5 Å². The maximum atomic E-state index is 9.50. The van der Waals surface area contributed by atoms with Crippen molar-refractivity contribution in [3.8, 4) is 22.9 Å². The molecule has 0 radical (unpaired) electrons. The first-order chi connectivity index (χ1) is 8.65. The van der Waals surface area contributed by atoms with E-state index in [1.807, 2.05) is 18.4 Å². The minimum absolute atomic E-state index is 0.000605. The van der Waals surface area contributed by atoms with Crippen LogP contribution in [0.5, 0.6) is 11.5 Å². The van der Waals surface area contributed by atoms with Gasteiger partial charge in [-0.3, -0.25) is 4.57 Å². The first kappa shape index (κ1) is 12.2. The van der Waals surface area contributed by atoms with Crippen LogP contribution in [0, 0.1) is 0 Å². The number of hydrogen-bond acceptors (Lipinski definition) is 5. The van der Waals surface area contributed by atoms with Crippen LogP contribution in [-0.2, 0) is 6.54 Å². The summed E-state index contributed by atoms with van der Waals surface area (Å²) in [5, 5.41) is 30.2. The van der Waals surface area contributed by atoms with Crippen LogP contribution in [0.1, 0.15) is 13.8 Å². The molecule has 0 unspecified atom stereocenters. The van der Waals surface area contributed by atoms with E-state index in [4.69, 9.17) is 0 Å². The fraction of sp³-hybridized carbons (Fsp3) is 0.333. The van der Waals surface area contributed by atoms with Crippen LogP contribution in [0.4, 0.5) is 5.95 Å². The summed E-state index contributed by atoms with van der Waals surface area (Å²) in [5.74, 6) is 1.29. The van der Waals surface area contributed by atoms with Crippen molar-refractivity contribution in [3.63, 3.8) is 0 Å². The second-order valence-corrected chi connectivity index (χ2v) is 3.86. The smallest absolute Gasteiger partial charge is 0.224 e. The lowest BCUT2D eigenvalue weighted by molar-refractivity contribution is 0.451. The molecule has 0 aliphatic heterocycles. The van der Waals surface area contributed by atoms with Gasteiger partial charge in [0.15, 0.2) is 5.82 Å². The molecule has 1 aromatic heterocycles. The Bertz CT molecular complexity index is 531. The first-order valence-electron chi connectivity index (χ1n) is 5.86. The molecule has 0 fully saturated rings. The highest BCUT2D eigenvalue weighted by atomic mass is 16.3. The van der Waals surface area contributed by atoms with Crippen molar-refractivity contribution in [2.75, 3.05) is 11.9 Å². The second-order valence-electron chi connectivity index (χ2n) is 3.86. The van der Waals surface area contributed by atoms with E-state index in [0.717, 1.165) is 6.54 Å². The lowest BCUT2D eigenvalue weighted by atomic mass is 10.2. The topological polar surface area (TPSA) is 83.2 Å². The molecule has 0 spiro atoms. The van der Waals surface area contributed by atoms with E-state index < -0.39 is 0 Å². The van der Waals surface area contributed by atoms with Crippen molar-refractivity contribution in [1.82, 2.24) is 14.8 Å². The van der Waals surface area contributed by atoms with Crippen molar-refractivity contribution in [2.45, 2.75) is 20.4 Å². The SMILES string of the molecule is CCNc1nnc(-c2cc(O)cc(O)c2)n1CC. The molecule has 96 valence electrons. The minimum atomic E-state index is 0.000605. The van der Waals surface area contributed by atoms with Crippen molar-refractivity contribution in [3.05, 3.63) is 18.2 Å². The maximum absolute atomic E-state index is 9.50. The van der Waals surface area contributed by atoms with Crippen molar-refractivity contribution in [1.29, 1.82) is 0 Å². The molecular formula is C12H16N4O2. The molecule has 2 rings (SSSR count). The summed E-state index contributed by atoms with van der Waals surface area (Å²) in [6.45, 7) is 5.41. The van der Waals surface area contributed by atoms with E-state index in [2.05, 4.69) is 15.5 Å². The van der Waals surface area contributed by atoms with Gasteiger partial charge >= 0.3 is 0 Å². The van der Waals surface area contributed by atoms with Crippen LogP contribution in [0.15, 0.2) is 18.2 Å². The van der Waals surface area contributed by atoms with Gasteiger partial charge in [0.1, 0.15) is 11.5 Å². The number of nitrogens with one attached hydrogen (secondary N) is 1. The monoisotopic (exact) mass is 248 g/mol. The number of nitrogens with zero attached hydrogens (tertiary/aromatic N) is 3. The standard InChI is InChI=1S/C12H16N4O2/c1-3-13-12-15-14-11(16(12)4-2)8-5-9(17)7-10(18)6-8/h5-7,17-18H,3-4H2,1-2H3,(H,13,15). The molecule has 1 heterocycles. The van der Waals surface area contributed by atoms with Crippen LogP contribution in [0.25, 0.3) is 11.4 Å². The van der Waals surface area contributed by atoms with E-state index in [9.17, 15) is 10.2 Å². The minimum Gasteiger partial charge on any atom is -0.508 e. The quantitative estimate of drug-likeness (QED) is 0.768. The van der Waals surface area contributed by atoms with Crippen LogP contribution < -0.4 is 5.32 Å². The van der Waals surface area contributed by atoms with Gasteiger partial charge in [0.05, 0.1) is 0 Å². The molecule has 6 heteroatoms. The Morgan fingerprint density at radius 1 is 1.11 bits per heavy atom. The molecule has 0 saturated heterocycles. The third-order valence-corrected chi connectivity index (χ3v) is 2.56. The Morgan fingerprint density at radius 3 is 2.33 bits per heavy atom. The normalized spacial score (nSPS) is 10.6. The molecular weight excluding hydrogens is 232 g/mol. The first-order valence-corrected chi connectivity index (χ1v) is 5.86. The van der Waals surface area contributed by atoms with Gasteiger partial charge < -0.3 is 15.5 Å². The average Bonchev–Trinajstić information content (AvgIpc) is 2.71. The van der Waals surface area contributed by atoms with E-state index in [1.54, 1.807) is 12.1 Å². The molecule has 0 atom stereocenters. The van der Waals surface area contributed by atoms with E-state index in [0.29, 0.717) is 23.9 Å². The highest BCUT2D eigenvalue weighted by Crippen LogP contribution is 2.28. The summed E-state index contributed by atoms with van der Waals surface area (Å²) in [6.07, 6.45) is 0. The van der Waals surface area contributed by atoms with Gasteiger partial charge in [-0.25, -0.2) is 0 Å². The molecule has 6 nitrogen and oxygen atoms in total. The summed E-state index contributed by atoms with van der Waals surface area (Å²) in [5.41, 5.74) is 0.631. The number of benzene rings is 1. The van der Waals surface area contributed by atoms with Crippen LogP contribution in [0.3, 0.4) is 0 Å². The molecule has 0 aliphatic rings. The molecule has 18 heavy (non-hydrogen) atoms. The molecule has 0 amide bonds. The number of hydrogen-bond donors (Lipinski definition) is 3. The zero-order valence-corrected chi connectivity index (χ0v) is 10.4. The summed E-state index contributed by atoms with van der Waals surface area (Å²) < 4.78 is 1.89. The number of aromatic nitrogens is 3. The molecule has 0 bridgehead atoms. The van der Waals surface area contributed by atoms with Gasteiger partial charge in [0, 0.05) is 24.7 Å². The largest absolute Gasteiger partial charge is 0.508 e. The third-order valence-electron chi connectivity index (χ3n) is 2.56. The van der Waals surface area contributed by atoms with Crippen LogP contribution >= 0.6 is 0 Å². The van der Waals surface area contributed by atoms with Gasteiger partial charge in [0.2, 0.25) is 5.95 Å². The van der Waals surface area contributed by atoms with Gasteiger partial charge in [0.25, 0.3) is 0 Å². The van der Waals surface area contributed by atoms with E-state index >= 15 is 0 Å². The second kappa shape index (κ2) is 4.95. The van der Waals surface area contributed by atoms with E-state index in [1.165, 1.54) is 6.07 Å². The Balaban J connectivity index is 2.49. The summed E-state index contributed by atoms with van der Waals surface area (Å²) in [6, 6.07) is 4.37. The van der Waals surface area contributed by atoms with Crippen LogP contribution in [0.2, 0.25) is 0 Å². The Kier molecular flexibility index (Phi) is 3.36. The van der Waals surface area contributed by atoms with Crippen molar-refractivity contribution in [2.24, 2.45) is 0 Å². The van der Waals surface area contributed by atoms with Gasteiger partial charge in [-0.2, -0.15) is 0 Å². The zero-order valence-electron chi connectivity index (χ0n) is 10.4. The van der Waals surface area contributed by atoms with Gasteiger partial charge in [-0.15, -0.1) is 10.2 Å². The van der Waals surface area contributed by atoms with Gasteiger partial charge in [-0.05, 0) is 26.0 Å². The lowest BCUT2D eigenvalue weighted by Gasteiger charge is -2.08. The highest BCUT2D eigenvalue weighted by molar-refractivity contribution is 5.62. The fourth-order valence-electron chi connectivity index (χ4n) is 1.83. The Hall–Kier alpha value is -2.24. The molecule has 0 saturated carbocycles. The van der Waals surface area contributed by atoms with Gasteiger partial charge in [-0.1, -0.05) is 0 Å². The van der Waals surface area contributed by atoms with Crippen molar-refractivity contribution < 1.29 is 10.2 Å². The lowest BCUT2D eigenvalue weighted by Crippen LogP contribution is -2.06. The predicted octanol–water partition coefficient (Wildman–Crippen LogP) is 1.81. The number of aromatic hydroxyl groups is 2. The van der Waals surface area contributed by atoms with E-state index in [-0.39, 0.29) is 11.5 Å². The number of phenolic OH excluding ortho intramolecular Hbond substituents is 2. The summed E-state index contributed by atoms with van der Waals surface area (Å²) in [4.78, 5) is 0. The molecule has 0 aliphatic carbocycles. The zero-order chi connectivity index (χ0) is 13.1. The Labute approximate surface area is 105 Å². The Morgan fingerprint density at radius 2 is 1.78 bits per heavy atom.